The molecule has 11 atom stereocenters. The lowest BCUT2D eigenvalue weighted by Gasteiger charge is -2.60. The molecule has 0 unspecified atom stereocenters. The van der Waals surface area contributed by atoms with Crippen molar-refractivity contribution in [1.29, 1.82) is 0 Å². The summed E-state index contributed by atoms with van der Waals surface area (Å²) in [6, 6.07) is 0. The molecule has 0 aromatic heterocycles. The van der Waals surface area contributed by atoms with E-state index >= 15 is 0 Å². The molecule has 8 heteroatoms. The van der Waals surface area contributed by atoms with Crippen LogP contribution in [-0.4, -0.2) is 69.0 Å². The Kier molecular flexibility index (Phi) is 6.77. The summed E-state index contributed by atoms with van der Waals surface area (Å²) in [6.07, 6.45) is -0.256. The average molecular weight is 467 g/mol. The fraction of sp³-hybridized carbons (Fsp3) is 0.880. The van der Waals surface area contributed by atoms with E-state index in [1.54, 1.807) is 0 Å². The lowest BCUT2D eigenvalue weighted by molar-refractivity contribution is -0.184. The Morgan fingerprint density at radius 1 is 0.970 bits per heavy atom. The predicted molar refractivity (Wildman–Crippen MR) is 117 cm³/mol. The number of Topliss-reactive ketones (excluding diaryl/α,β-unsaturated/α-hetero) is 1. The van der Waals surface area contributed by atoms with Gasteiger partial charge in [0.15, 0.2) is 12.4 Å². The molecular weight excluding hydrogens is 428 g/mol. The molecule has 0 bridgehead atoms. The first-order valence-electron chi connectivity index (χ1n) is 12.4. The van der Waals surface area contributed by atoms with Crippen LogP contribution in [0.5, 0.6) is 0 Å². The summed E-state index contributed by atoms with van der Waals surface area (Å²) in [5.41, 5.74) is -0.0289. The molecule has 0 aromatic carbocycles. The van der Waals surface area contributed by atoms with Crippen LogP contribution in [0.3, 0.4) is 0 Å². The van der Waals surface area contributed by atoms with Gasteiger partial charge in [0.1, 0.15) is 30.2 Å². The van der Waals surface area contributed by atoms with Crippen LogP contribution in [-0.2, 0) is 19.1 Å². The van der Waals surface area contributed by atoms with E-state index in [2.05, 4.69) is 13.8 Å². The fourth-order valence-electron chi connectivity index (χ4n) is 8.01. The van der Waals surface area contributed by atoms with Gasteiger partial charge in [0.25, 0.3) is 0 Å². The summed E-state index contributed by atoms with van der Waals surface area (Å²) < 4.78 is 5.68. The molecule has 0 aromatic rings. The average Bonchev–Trinajstić information content (AvgIpc) is 3.13. The maximum Gasteiger partial charge on any atom is 0.338 e. The zero-order valence-corrected chi connectivity index (χ0v) is 19.6. The van der Waals surface area contributed by atoms with Crippen molar-refractivity contribution in [2.75, 3.05) is 0 Å². The maximum absolute atomic E-state index is 12.6. The fourth-order valence-corrected chi connectivity index (χ4v) is 8.01. The van der Waals surface area contributed by atoms with Gasteiger partial charge in [0.2, 0.25) is 0 Å². The first kappa shape index (κ1) is 24.8. The van der Waals surface area contributed by atoms with E-state index in [0.717, 1.165) is 38.5 Å². The molecule has 0 radical (unpaired) electrons. The minimum atomic E-state index is -2.05. The summed E-state index contributed by atoms with van der Waals surface area (Å²) in [4.78, 5) is 35.3. The van der Waals surface area contributed by atoms with Crippen molar-refractivity contribution in [3.8, 4) is 0 Å². The van der Waals surface area contributed by atoms with E-state index < -0.39 is 36.5 Å². The number of ketones is 1. The van der Waals surface area contributed by atoms with Crippen molar-refractivity contribution in [1.82, 2.24) is 0 Å². The third kappa shape index (κ3) is 4.07. The zero-order valence-electron chi connectivity index (χ0n) is 19.6. The van der Waals surface area contributed by atoms with Gasteiger partial charge in [0.05, 0.1) is 0 Å². The number of carbonyl (C=O) groups is 3. The number of aliphatic hydroxyl groups excluding tert-OH is 4. The van der Waals surface area contributed by atoms with Gasteiger partial charge in [-0.2, -0.15) is 0 Å². The van der Waals surface area contributed by atoms with Crippen LogP contribution in [0, 0.1) is 34.5 Å². The smallest absolute Gasteiger partial charge is 0.338 e. The number of ether oxygens (including phenoxy) is 1. The van der Waals surface area contributed by atoms with Gasteiger partial charge in [0, 0.05) is 18.3 Å². The molecule has 0 spiro atoms. The normalized spacial score (nSPS) is 43.9. The van der Waals surface area contributed by atoms with Gasteiger partial charge in [-0.1, -0.05) is 13.8 Å². The maximum atomic E-state index is 12.6. The standard InChI is InChI=1S/C25H38O8/c1-24-9-7-14(27)11-13(24)3-4-15-16-5-6-19(25(16,2)10-8-17(15)24)33-23(32)22(31)21(30)20(29)18(28)12-26/h12-13,15-22,28-31H,3-11H2,1-2H3/t13-,15-,16-,17-,18-,19-,20+,21-,22-,24-,25-/m0/s1. The van der Waals surface area contributed by atoms with Crippen LogP contribution < -0.4 is 0 Å². The molecule has 0 heterocycles. The van der Waals surface area contributed by atoms with E-state index in [1.165, 1.54) is 0 Å². The van der Waals surface area contributed by atoms with E-state index in [4.69, 9.17) is 4.74 Å². The molecule has 4 aliphatic rings. The van der Waals surface area contributed by atoms with Gasteiger partial charge in [-0.3, -0.25) is 4.79 Å². The highest BCUT2D eigenvalue weighted by Crippen LogP contribution is 2.66. The molecule has 0 amide bonds. The second-order valence-corrected chi connectivity index (χ2v) is 11.5. The lowest BCUT2D eigenvalue weighted by Crippen LogP contribution is -2.55. The van der Waals surface area contributed by atoms with Crippen molar-refractivity contribution in [2.24, 2.45) is 34.5 Å². The summed E-state index contributed by atoms with van der Waals surface area (Å²) in [5, 5.41) is 39.3. The lowest BCUT2D eigenvalue weighted by atomic mass is 9.45. The highest BCUT2D eigenvalue weighted by Gasteiger charge is 2.61. The number of hydrogen-bond acceptors (Lipinski definition) is 8. The quantitative estimate of drug-likeness (QED) is 0.337. The van der Waals surface area contributed by atoms with E-state index in [1.807, 2.05) is 0 Å². The Labute approximate surface area is 194 Å². The molecule has 4 saturated carbocycles. The highest BCUT2D eigenvalue weighted by atomic mass is 16.6. The molecule has 4 fully saturated rings. The summed E-state index contributed by atoms with van der Waals surface area (Å²) in [5.74, 6) is 1.33. The van der Waals surface area contributed by atoms with Crippen LogP contribution in [0.2, 0.25) is 0 Å². The van der Waals surface area contributed by atoms with Crippen molar-refractivity contribution in [3.05, 3.63) is 0 Å². The van der Waals surface area contributed by atoms with Gasteiger partial charge in [-0.05, 0) is 74.0 Å². The second-order valence-electron chi connectivity index (χ2n) is 11.5. The molecular formula is C25H38O8. The molecule has 4 rings (SSSR count). The van der Waals surface area contributed by atoms with Crippen LogP contribution in [0.15, 0.2) is 0 Å². The van der Waals surface area contributed by atoms with Crippen LogP contribution in [0.25, 0.3) is 0 Å². The molecule has 0 saturated heterocycles. The molecule has 4 aliphatic carbocycles. The molecule has 186 valence electrons. The minimum Gasteiger partial charge on any atom is -0.460 e. The van der Waals surface area contributed by atoms with Crippen molar-refractivity contribution >= 4 is 18.0 Å². The number of rotatable bonds is 6. The van der Waals surface area contributed by atoms with Gasteiger partial charge >= 0.3 is 5.97 Å². The van der Waals surface area contributed by atoms with Crippen molar-refractivity contribution < 1.29 is 39.5 Å². The summed E-state index contributed by atoms with van der Waals surface area (Å²) in [7, 11) is 0. The van der Waals surface area contributed by atoms with E-state index in [9.17, 15) is 34.8 Å². The number of hydrogen-bond donors (Lipinski definition) is 4. The topological polar surface area (TPSA) is 141 Å². The van der Waals surface area contributed by atoms with Crippen LogP contribution in [0.1, 0.15) is 71.6 Å². The largest absolute Gasteiger partial charge is 0.460 e. The number of carbonyl (C=O) groups excluding carboxylic acids is 3. The first-order valence-corrected chi connectivity index (χ1v) is 12.4. The predicted octanol–water partition coefficient (Wildman–Crippen LogP) is 1.15. The minimum absolute atomic E-state index is 0.0322. The van der Waals surface area contributed by atoms with Gasteiger partial charge in [-0.15, -0.1) is 0 Å². The Morgan fingerprint density at radius 2 is 1.67 bits per heavy atom. The SMILES string of the molecule is C[C@]12CCC(=O)C[C@@H]1CC[C@@H]1[C@@H]2CC[C@]2(C)[C@@H](OC(=O)[C@@H](O)[C@@H](O)[C@H](O)[C@@H](O)C=O)CC[C@@H]12. The van der Waals surface area contributed by atoms with E-state index in [-0.39, 0.29) is 17.1 Å². The second kappa shape index (κ2) is 9.02. The third-order valence-electron chi connectivity index (χ3n) is 10.1. The number of aldehydes is 1. The van der Waals surface area contributed by atoms with Crippen molar-refractivity contribution in [3.63, 3.8) is 0 Å². The summed E-state index contributed by atoms with van der Waals surface area (Å²) in [6.45, 7) is 4.54. The van der Waals surface area contributed by atoms with Crippen molar-refractivity contribution in [2.45, 2.75) is 102 Å². The Morgan fingerprint density at radius 3 is 2.36 bits per heavy atom. The third-order valence-corrected chi connectivity index (χ3v) is 10.1. The van der Waals surface area contributed by atoms with E-state index in [0.29, 0.717) is 48.7 Å². The molecule has 4 N–H and O–H groups in total. The highest BCUT2D eigenvalue weighted by molar-refractivity contribution is 5.79. The number of fused-ring (bicyclic) bond motifs is 5. The first-order chi connectivity index (χ1) is 15.5. The van der Waals surface area contributed by atoms with Crippen LogP contribution >= 0.6 is 0 Å². The molecule has 33 heavy (non-hydrogen) atoms. The summed E-state index contributed by atoms with van der Waals surface area (Å²) >= 11 is 0. The number of esters is 1. The number of aliphatic hydroxyl groups is 4. The Balaban J connectivity index is 1.44. The Bertz CT molecular complexity index is 784. The molecule has 8 nitrogen and oxygen atoms in total. The molecule has 0 aliphatic heterocycles. The van der Waals surface area contributed by atoms with Crippen LogP contribution in [0.4, 0.5) is 0 Å². The van der Waals surface area contributed by atoms with Gasteiger partial charge < -0.3 is 30.0 Å². The Hall–Kier alpha value is -1.35. The van der Waals surface area contributed by atoms with Gasteiger partial charge in [-0.25, -0.2) is 4.79 Å². The monoisotopic (exact) mass is 466 g/mol. The zero-order chi connectivity index (χ0) is 24.1.